The van der Waals surface area contributed by atoms with Crippen LogP contribution in [0.25, 0.3) is 5.69 Å². The number of rotatable bonds is 8. The average molecular weight is 484 g/mol. The first-order chi connectivity index (χ1) is 16.3. The number of nitrogens with zero attached hydrogens (tertiary/aromatic N) is 4. The van der Waals surface area contributed by atoms with E-state index >= 15 is 0 Å². The highest BCUT2D eigenvalue weighted by atomic mass is 32.2. The zero-order chi connectivity index (χ0) is 24.1. The molecule has 2 N–H and O–H groups in total. The smallest absolute Gasteiger partial charge is 0.293 e. The van der Waals surface area contributed by atoms with Crippen LogP contribution in [0.15, 0.2) is 59.5 Å². The number of sulfonamides is 1. The summed E-state index contributed by atoms with van der Waals surface area (Å²) < 4.78 is 30.6. The topological polar surface area (TPSA) is 120 Å². The van der Waals surface area contributed by atoms with Crippen molar-refractivity contribution in [1.29, 1.82) is 0 Å². The van der Waals surface area contributed by atoms with Gasteiger partial charge in [-0.3, -0.25) is 4.79 Å². The van der Waals surface area contributed by atoms with Gasteiger partial charge >= 0.3 is 0 Å². The molecule has 2 heterocycles. The van der Waals surface area contributed by atoms with Gasteiger partial charge in [0.05, 0.1) is 16.7 Å². The molecule has 1 saturated heterocycles. The standard InChI is InChI=1S/C24H29N5O4S/c1-28(15-14-20-9-5-6-16-33-20)24(30)23-26-22(17-18-7-3-2-4-8-18)29(27-23)19-10-12-21(13-11-19)34(25,31)32/h2-4,7-8,10-13,20H,5-6,9,14-17H2,1H3,(H2,25,31,32). The molecule has 4 rings (SSSR count). The summed E-state index contributed by atoms with van der Waals surface area (Å²) in [5.74, 6) is 0.389. The van der Waals surface area contributed by atoms with E-state index in [2.05, 4.69) is 10.1 Å². The lowest BCUT2D eigenvalue weighted by atomic mass is 10.1. The second-order valence-electron chi connectivity index (χ2n) is 8.47. The quantitative estimate of drug-likeness (QED) is 0.526. The maximum absolute atomic E-state index is 13.1. The minimum absolute atomic E-state index is 0.00180. The highest BCUT2D eigenvalue weighted by Gasteiger charge is 2.23. The fraction of sp³-hybridized carbons (Fsp3) is 0.375. The normalized spacial score (nSPS) is 16.4. The number of carbonyl (C=O) groups is 1. The van der Waals surface area contributed by atoms with Crippen LogP contribution in [-0.4, -0.2) is 60.3 Å². The van der Waals surface area contributed by atoms with Gasteiger partial charge in [0.2, 0.25) is 15.8 Å². The van der Waals surface area contributed by atoms with Gasteiger partial charge in [0, 0.05) is 26.6 Å². The van der Waals surface area contributed by atoms with E-state index in [9.17, 15) is 13.2 Å². The van der Waals surface area contributed by atoms with Crippen molar-refractivity contribution in [3.63, 3.8) is 0 Å². The van der Waals surface area contributed by atoms with Gasteiger partial charge in [-0.2, -0.15) is 0 Å². The predicted octanol–water partition coefficient (Wildman–Crippen LogP) is 2.54. The van der Waals surface area contributed by atoms with Gasteiger partial charge in [0.1, 0.15) is 5.82 Å². The van der Waals surface area contributed by atoms with Crippen molar-refractivity contribution in [3.8, 4) is 5.69 Å². The van der Waals surface area contributed by atoms with Crippen LogP contribution in [0.1, 0.15) is 47.7 Å². The van der Waals surface area contributed by atoms with Crippen LogP contribution < -0.4 is 5.14 Å². The van der Waals surface area contributed by atoms with E-state index < -0.39 is 10.0 Å². The molecular formula is C24H29N5O4S. The summed E-state index contributed by atoms with van der Waals surface area (Å²) in [6.45, 7) is 1.33. The molecule has 0 bridgehead atoms. The molecule has 34 heavy (non-hydrogen) atoms. The first kappa shape index (κ1) is 24.1. The molecule has 0 spiro atoms. The van der Waals surface area contributed by atoms with Gasteiger partial charge in [-0.25, -0.2) is 23.2 Å². The molecule has 180 valence electrons. The Labute approximate surface area is 199 Å². The molecule has 1 aliphatic rings. The maximum atomic E-state index is 13.1. The van der Waals surface area contributed by atoms with Gasteiger partial charge in [0.25, 0.3) is 5.91 Å². The van der Waals surface area contributed by atoms with E-state index in [1.807, 2.05) is 30.3 Å². The number of carbonyl (C=O) groups excluding carboxylic acids is 1. The molecule has 1 atom stereocenters. The molecule has 2 aromatic carbocycles. The van der Waals surface area contributed by atoms with Crippen molar-refractivity contribution in [2.24, 2.45) is 5.14 Å². The Bertz CT molecular complexity index is 1220. The summed E-state index contributed by atoms with van der Waals surface area (Å²) in [7, 11) is -2.07. The van der Waals surface area contributed by atoms with E-state index in [1.54, 1.807) is 28.8 Å². The second-order valence-corrected chi connectivity index (χ2v) is 10.0. The third-order valence-corrected chi connectivity index (χ3v) is 6.82. The molecule has 1 aliphatic heterocycles. The molecule has 0 aliphatic carbocycles. The molecule has 0 radical (unpaired) electrons. The Balaban J connectivity index is 1.58. The van der Waals surface area contributed by atoms with E-state index in [0.717, 1.165) is 37.9 Å². The number of nitrogens with two attached hydrogens (primary N) is 1. The lowest BCUT2D eigenvalue weighted by Gasteiger charge is -2.24. The summed E-state index contributed by atoms with van der Waals surface area (Å²) in [6, 6.07) is 15.8. The number of hydrogen-bond donors (Lipinski definition) is 1. The molecular weight excluding hydrogens is 454 g/mol. The number of hydrogen-bond acceptors (Lipinski definition) is 6. The monoisotopic (exact) mass is 483 g/mol. The Morgan fingerprint density at radius 2 is 1.88 bits per heavy atom. The first-order valence-electron chi connectivity index (χ1n) is 11.3. The van der Waals surface area contributed by atoms with Gasteiger partial charge in [-0.1, -0.05) is 30.3 Å². The van der Waals surface area contributed by atoms with Crippen molar-refractivity contribution in [3.05, 3.63) is 71.8 Å². The van der Waals surface area contributed by atoms with Crippen LogP contribution in [0.4, 0.5) is 0 Å². The lowest BCUT2D eigenvalue weighted by molar-refractivity contribution is 0.00701. The van der Waals surface area contributed by atoms with Crippen LogP contribution >= 0.6 is 0 Å². The third-order valence-electron chi connectivity index (χ3n) is 5.89. The highest BCUT2D eigenvalue weighted by Crippen LogP contribution is 2.18. The Morgan fingerprint density at radius 3 is 2.53 bits per heavy atom. The number of amides is 1. The summed E-state index contributed by atoms with van der Waals surface area (Å²) in [4.78, 5) is 19.3. The van der Waals surface area contributed by atoms with Crippen LogP contribution in [0, 0.1) is 0 Å². The SMILES string of the molecule is CN(CCC1CCCCO1)C(=O)c1nc(Cc2ccccc2)n(-c2ccc(S(N)(=O)=O)cc2)n1. The van der Waals surface area contributed by atoms with Crippen molar-refractivity contribution in [2.45, 2.75) is 43.1 Å². The van der Waals surface area contributed by atoms with E-state index in [-0.39, 0.29) is 22.7 Å². The van der Waals surface area contributed by atoms with E-state index in [0.29, 0.717) is 24.5 Å². The fourth-order valence-electron chi connectivity index (χ4n) is 3.96. The molecule has 10 heteroatoms. The number of primary sulfonamides is 1. The first-order valence-corrected chi connectivity index (χ1v) is 12.9. The summed E-state index contributed by atoms with van der Waals surface area (Å²) in [6.07, 6.45) is 4.67. The number of aromatic nitrogens is 3. The molecule has 1 unspecified atom stereocenters. The van der Waals surface area contributed by atoms with Crippen LogP contribution in [0.5, 0.6) is 0 Å². The minimum Gasteiger partial charge on any atom is -0.378 e. The summed E-state index contributed by atoms with van der Waals surface area (Å²) in [5.41, 5.74) is 1.60. The molecule has 1 aromatic heterocycles. The molecule has 0 saturated carbocycles. The van der Waals surface area contributed by atoms with Crippen molar-refractivity contribution in [1.82, 2.24) is 19.7 Å². The van der Waals surface area contributed by atoms with E-state index in [1.165, 1.54) is 12.1 Å². The zero-order valence-electron chi connectivity index (χ0n) is 19.1. The molecule has 3 aromatic rings. The largest absolute Gasteiger partial charge is 0.378 e. The highest BCUT2D eigenvalue weighted by molar-refractivity contribution is 7.89. The van der Waals surface area contributed by atoms with Gasteiger partial charge in [-0.05, 0) is 55.5 Å². The number of ether oxygens (including phenoxy) is 1. The predicted molar refractivity (Wildman–Crippen MR) is 127 cm³/mol. The maximum Gasteiger partial charge on any atom is 0.293 e. The van der Waals surface area contributed by atoms with Gasteiger partial charge < -0.3 is 9.64 Å². The third kappa shape index (κ3) is 5.88. The number of benzene rings is 2. The summed E-state index contributed by atoms with van der Waals surface area (Å²) >= 11 is 0. The van der Waals surface area contributed by atoms with Crippen molar-refractivity contribution >= 4 is 15.9 Å². The van der Waals surface area contributed by atoms with Gasteiger partial charge in [0.15, 0.2) is 0 Å². The minimum atomic E-state index is -3.81. The summed E-state index contributed by atoms with van der Waals surface area (Å²) in [5, 5.41) is 9.70. The molecule has 9 nitrogen and oxygen atoms in total. The lowest BCUT2D eigenvalue weighted by Crippen LogP contribution is -2.32. The van der Waals surface area contributed by atoms with Crippen molar-refractivity contribution in [2.75, 3.05) is 20.2 Å². The van der Waals surface area contributed by atoms with E-state index in [4.69, 9.17) is 9.88 Å². The molecule has 1 amide bonds. The van der Waals surface area contributed by atoms with Gasteiger partial charge in [-0.15, -0.1) is 5.10 Å². The van der Waals surface area contributed by atoms with Crippen LogP contribution in [-0.2, 0) is 21.2 Å². The Morgan fingerprint density at radius 1 is 1.15 bits per heavy atom. The second kappa shape index (κ2) is 10.5. The Hall–Kier alpha value is -3.08. The van der Waals surface area contributed by atoms with Crippen LogP contribution in [0.3, 0.4) is 0 Å². The fourth-order valence-corrected chi connectivity index (χ4v) is 4.47. The zero-order valence-corrected chi connectivity index (χ0v) is 19.9. The van der Waals surface area contributed by atoms with Crippen molar-refractivity contribution < 1.29 is 17.9 Å². The molecule has 1 fully saturated rings. The average Bonchev–Trinajstić information content (AvgIpc) is 3.26. The Kier molecular flexibility index (Phi) is 7.40. The van der Waals surface area contributed by atoms with Crippen LogP contribution in [0.2, 0.25) is 0 Å².